The second-order valence-corrected chi connectivity index (χ2v) is 8.15. The number of pyridine rings is 1. The van der Waals surface area contributed by atoms with Crippen molar-refractivity contribution >= 4 is 28.5 Å². The molecule has 1 saturated heterocycles. The highest BCUT2D eigenvalue weighted by atomic mass is 19.1. The first-order valence-electron chi connectivity index (χ1n) is 11.1. The van der Waals surface area contributed by atoms with Crippen LogP contribution in [0.1, 0.15) is 25.5 Å². The Morgan fingerprint density at radius 1 is 1.19 bits per heavy atom. The number of nitrogens with zero attached hydrogens (tertiary/aromatic N) is 4. The molecule has 1 unspecified atom stereocenters. The summed E-state index contributed by atoms with van der Waals surface area (Å²) < 4.78 is 28.2. The number of halogens is 1. The summed E-state index contributed by atoms with van der Waals surface area (Å²) in [5.41, 5.74) is 1.48. The van der Waals surface area contributed by atoms with Crippen LogP contribution in [0, 0.1) is 15.9 Å². The lowest BCUT2D eigenvalue weighted by atomic mass is 10.0. The number of hydrogen-bond donors (Lipinski definition) is 2. The van der Waals surface area contributed by atoms with Crippen molar-refractivity contribution in [2.45, 2.75) is 25.5 Å². The fourth-order valence-corrected chi connectivity index (χ4v) is 4.07. The van der Waals surface area contributed by atoms with E-state index < -0.39 is 22.5 Å². The van der Waals surface area contributed by atoms with Crippen LogP contribution < -0.4 is 10.1 Å². The Hall–Kier alpha value is -4.58. The lowest BCUT2D eigenvalue weighted by molar-refractivity contribution is -0.385. The van der Waals surface area contributed by atoms with Gasteiger partial charge in [0.1, 0.15) is 11.6 Å². The summed E-state index contributed by atoms with van der Waals surface area (Å²) in [6.45, 7) is 0.640. The molecule has 1 fully saturated rings. The lowest BCUT2D eigenvalue weighted by Crippen LogP contribution is -2.18. The molecular formula is C24H20FN5O6. The van der Waals surface area contributed by atoms with Gasteiger partial charge in [-0.25, -0.2) is 18.9 Å². The molecule has 1 aliphatic rings. The summed E-state index contributed by atoms with van der Waals surface area (Å²) in [5, 5.41) is 27.3. The van der Waals surface area contributed by atoms with Gasteiger partial charge in [0.25, 0.3) is 5.69 Å². The highest BCUT2D eigenvalue weighted by Gasteiger charge is 2.21. The average molecular weight is 493 g/mol. The predicted octanol–water partition coefficient (Wildman–Crippen LogP) is 5.73. The van der Waals surface area contributed by atoms with E-state index in [1.165, 1.54) is 18.3 Å². The molecule has 3 heterocycles. The first-order chi connectivity index (χ1) is 17.4. The third kappa shape index (κ3) is 4.66. The highest BCUT2D eigenvalue weighted by Crippen LogP contribution is 2.39. The number of hydrogen-bond acceptors (Lipinski definition) is 7. The van der Waals surface area contributed by atoms with Gasteiger partial charge < -0.3 is 14.6 Å². The molecule has 0 spiro atoms. The Morgan fingerprint density at radius 2 is 2.06 bits per heavy atom. The number of benzene rings is 2. The van der Waals surface area contributed by atoms with Crippen LogP contribution in [0.25, 0.3) is 22.0 Å². The Bertz CT molecular complexity index is 1450. The van der Waals surface area contributed by atoms with Gasteiger partial charge >= 0.3 is 6.09 Å². The Balaban J connectivity index is 1.59. The van der Waals surface area contributed by atoms with Gasteiger partial charge in [0.05, 0.1) is 22.7 Å². The van der Waals surface area contributed by atoms with Gasteiger partial charge in [-0.1, -0.05) is 0 Å². The van der Waals surface area contributed by atoms with E-state index in [-0.39, 0.29) is 23.5 Å². The van der Waals surface area contributed by atoms with Crippen molar-refractivity contribution < 1.29 is 28.7 Å². The summed E-state index contributed by atoms with van der Waals surface area (Å²) in [5.74, 6) is -0.682. The Labute approximate surface area is 203 Å². The summed E-state index contributed by atoms with van der Waals surface area (Å²) >= 11 is 0. The third-order valence-electron chi connectivity index (χ3n) is 5.78. The van der Waals surface area contributed by atoms with E-state index in [2.05, 4.69) is 15.4 Å². The van der Waals surface area contributed by atoms with E-state index in [1.807, 2.05) is 6.07 Å². The van der Waals surface area contributed by atoms with E-state index in [1.54, 1.807) is 23.0 Å². The highest BCUT2D eigenvalue weighted by molar-refractivity contribution is 5.89. The molecule has 1 aliphatic heterocycles. The van der Waals surface area contributed by atoms with Gasteiger partial charge in [0.15, 0.2) is 17.8 Å². The van der Waals surface area contributed by atoms with Crippen LogP contribution in [0.5, 0.6) is 11.5 Å². The molecule has 0 bridgehead atoms. The van der Waals surface area contributed by atoms with Gasteiger partial charge in [-0.2, -0.15) is 5.10 Å². The summed E-state index contributed by atoms with van der Waals surface area (Å²) in [6.07, 6.45) is 4.48. The van der Waals surface area contributed by atoms with Crippen LogP contribution in [-0.2, 0) is 4.74 Å². The number of nitro benzene ring substituents is 1. The Kier molecular flexibility index (Phi) is 6.17. The number of aromatic nitrogens is 3. The third-order valence-corrected chi connectivity index (χ3v) is 5.78. The largest absolute Gasteiger partial charge is 0.465 e. The average Bonchev–Trinajstić information content (AvgIpc) is 3.28. The number of nitrogens with one attached hydrogen (secondary N) is 1. The molecule has 12 heteroatoms. The number of amides is 1. The molecule has 184 valence electrons. The molecule has 0 radical (unpaired) electrons. The van der Waals surface area contributed by atoms with Crippen molar-refractivity contribution in [3.05, 3.63) is 70.8 Å². The molecule has 0 aliphatic carbocycles. The zero-order valence-corrected chi connectivity index (χ0v) is 18.8. The molecule has 1 atom stereocenters. The maximum atomic E-state index is 14.6. The van der Waals surface area contributed by atoms with Crippen molar-refractivity contribution in [2.75, 3.05) is 11.9 Å². The fourth-order valence-electron chi connectivity index (χ4n) is 4.07. The van der Waals surface area contributed by atoms with Crippen molar-refractivity contribution in [3.8, 4) is 22.6 Å². The first-order valence-corrected chi connectivity index (χ1v) is 11.1. The number of rotatable bonds is 6. The maximum absolute atomic E-state index is 14.6. The van der Waals surface area contributed by atoms with E-state index in [0.717, 1.165) is 42.3 Å². The van der Waals surface area contributed by atoms with E-state index in [4.69, 9.17) is 14.6 Å². The molecule has 2 N–H and O–H groups in total. The van der Waals surface area contributed by atoms with Crippen molar-refractivity contribution in [3.63, 3.8) is 0 Å². The molecule has 1 amide bonds. The van der Waals surface area contributed by atoms with Crippen LogP contribution >= 0.6 is 0 Å². The quantitative estimate of drug-likeness (QED) is 0.256. The Morgan fingerprint density at radius 3 is 2.72 bits per heavy atom. The number of anilines is 1. The van der Waals surface area contributed by atoms with Crippen LogP contribution in [0.3, 0.4) is 0 Å². The zero-order valence-electron chi connectivity index (χ0n) is 18.8. The molecule has 2 aromatic carbocycles. The van der Waals surface area contributed by atoms with Gasteiger partial charge in [-0.15, -0.1) is 0 Å². The molecule has 4 aromatic rings. The van der Waals surface area contributed by atoms with Gasteiger partial charge in [-0.3, -0.25) is 15.4 Å². The lowest BCUT2D eigenvalue weighted by Gasteiger charge is -2.23. The van der Waals surface area contributed by atoms with E-state index >= 15 is 0 Å². The monoisotopic (exact) mass is 493 g/mol. The van der Waals surface area contributed by atoms with Crippen molar-refractivity contribution in [1.29, 1.82) is 0 Å². The second-order valence-electron chi connectivity index (χ2n) is 8.15. The van der Waals surface area contributed by atoms with Crippen LogP contribution in [0.2, 0.25) is 0 Å². The van der Waals surface area contributed by atoms with Crippen molar-refractivity contribution in [2.24, 2.45) is 0 Å². The van der Waals surface area contributed by atoms with Crippen LogP contribution in [0.4, 0.5) is 20.7 Å². The van der Waals surface area contributed by atoms with Crippen LogP contribution in [0.15, 0.2) is 54.9 Å². The number of nitro groups is 1. The minimum atomic E-state index is -1.24. The van der Waals surface area contributed by atoms with Gasteiger partial charge in [-0.05, 0) is 49.6 Å². The number of carboxylic acid groups (broad SMARTS) is 1. The van der Waals surface area contributed by atoms with E-state index in [9.17, 15) is 19.3 Å². The number of fused-ring (bicyclic) bond motifs is 1. The predicted molar refractivity (Wildman–Crippen MR) is 127 cm³/mol. The minimum Gasteiger partial charge on any atom is -0.465 e. The maximum Gasteiger partial charge on any atom is 0.410 e. The molecule has 5 rings (SSSR count). The second kappa shape index (κ2) is 9.58. The zero-order chi connectivity index (χ0) is 25.2. The van der Waals surface area contributed by atoms with E-state index in [0.29, 0.717) is 17.7 Å². The smallest absolute Gasteiger partial charge is 0.410 e. The standard InChI is InChI=1S/C24H20FN5O6/c25-18-10-16(30(33)34)5-6-20(18)36-21-9-15-13-27-29(23-3-1-2-8-35-23)19(15)11-17(21)14-4-7-22(26-12-14)28-24(31)32/h4-7,9-13,23H,1-3,8H2,(H,26,28)(H,31,32). The van der Waals surface area contributed by atoms with Crippen molar-refractivity contribution in [1.82, 2.24) is 14.8 Å². The molecule has 11 nitrogen and oxygen atoms in total. The SMILES string of the molecule is O=C(O)Nc1ccc(-c2cc3c(cnn3C3CCCCO3)cc2Oc2ccc([N+](=O)[O-])cc2F)cn1. The summed E-state index contributed by atoms with van der Waals surface area (Å²) in [6, 6.07) is 9.80. The first kappa shape index (κ1) is 23.2. The topological polar surface area (TPSA) is 142 Å². The number of non-ortho nitro benzene ring substituents is 1. The summed E-state index contributed by atoms with van der Waals surface area (Å²) in [7, 11) is 0. The fraction of sp³-hybridized carbons (Fsp3) is 0.208. The van der Waals surface area contributed by atoms with Gasteiger partial charge in [0, 0.05) is 35.4 Å². The van der Waals surface area contributed by atoms with Gasteiger partial charge in [0.2, 0.25) is 0 Å². The minimum absolute atomic E-state index is 0.136. The number of carbonyl (C=O) groups is 1. The summed E-state index contributed by atoms with van der Waals surface area (Å²) in [4.78, 5) is 25.3. The molecular weight excluding hydrogens is 473 g/mol. The molecule has 36 heavy (non-hydrogen) atoms. The number of ether oxygens (including phenoxy) is 2. The molecule has 2 aromatic heterocycles. The normalized spacial score (nSPS) is 15.5. The molecule has 0 saturated carbocycles. The van der Waals surface area contributed by atoms with Crippen LogP contribution in [-0.4, -0.2) is 37.5 Å².